The Hall–Kier alpha value is -1.04. The van der Waals surface area contributed by atoms with Crippen molar-refractivity contribution in [3.8, 4) is 6.07 Å². The Morgan fingerprint density at radius 3 is 2.12 bits per heavy atom. The van der Waals surface area contributed by atoms with E-state index in [0.29, 0.717) is 0 Å². The summed E-state index contributed by atoms with van der Waals surface area (Å²) in [5.41, 5.74) is 5.39. The molecule has 0 spiro atoms. The van der Waals surface area contributed by atoms with E-state index in [1.54, 1.807) is 6.07 Å². The highest BCUT2D eigenvalue weighted by atomic mass is 16.1. The number of carbonyl (C=O) groups is 1. The van der Waals surface area contributed by atoms with E-state index < -0.39 is 11.3 Å². The smallest absolute Gasteiger partial charge is 0.258 e. The quantitative estimate of drug-likeness (QED) is 0.490. The topological polar surface area (TPSA) is 64.7 Å². The van der Waals surface area contributed by atoms with Gasteiger partial charge in [-0.25, -0.2) is 0 Å². The maximum Gasteiger partial charge on any atom is 0.258 e. The molecule has 0 bridgehead atoms. The second kappa shape index (κ2) is 1.83. The van der Waals surface area contributed by atoms with E-state index in [2.05, 4.69) is 0 Å². The summed E-state index contributed by atoms with van der Waals surface area (Å²) in [7, 11) is 0. The summed E-state index contributed by atoms with van der Waals surface area (Å²) in [6.07, 6.45) is 0. The summed E-state index contributed by atoms with van der Waals surface area (Å²) in [5.74, 6) is -0.833. The van der Waals surface area contributed by atoms with E-state index in [1.165, 1.54) is 13.8 Å². The zero-order valence-electron chi connectivity index (χ0n) is 4.86. The lowest BCUT2D eigenvalue weighted by Gasteiger charge is -2.05. The van der Waals surface area contributed by atoms with Gasteiger partial charge in [0.2, 0.25) is 0 Å². The number of carbonyl (C=O) groups excluding carboxylic acids is 1. The molecule has 0 aromatic heterocycles. The first-order valence-electron chi connectivity index (χ1n) is 2.18. The number of rotatable bonds is 1. The van der Waals surface area contributed by atoms with Crippen LogP contribution in [0.5, 0.6) is 0 Å². The predicted octanol–water partition coefficient (Wildman–Crippen LogP) is 0.346. The normalized spacial score (nSPS) is 10.1. The first kappa shape index (κ1) is 6.96. The van der Waals surface area contributed by atoms with Crippen LogP contribution in [-0.2, 0) is 4.79 Å². The van der Waals surface area contributed by atoms with Gasteiger partial charge in [0, 0.05) is 0 Å². The Labute approximate surface area is 48.1 Å². The van der Waals surface area contributed by atoms with Crippen molar-refractivity contribution < 1.29 is 4.79 Å². The molecule has 0 saturated heterocycles. The lowest BCUT2D eigenvalue weighted by molar-refractivity contribution is -0.124. The molecule has 0 saturated carbocycles. The molecule has 0 aliphatic rings. The molecular formula is C5H7N2O. The van der Waals surface area contributed by atoms with Gasteiger partial charge in [-0.15, -0.1) is 0 Å². The fraction of sp³-hybridized carbons (Fsp3) is 0.600. The Morgan fingerprint density at radius 2 is 2.12 bits per heavy atom. The molecule has 0 unspecified atom stereocenters. The van der Waals surface area contributed by atoms with Gasteiger partial charge in [-0.2, -0.15) is 5.26 Å². The molecule has 3 heteroatoms. The number of nitriles is 1. The van der Waals surface area contributed by atoms with Crippen molar-refractivity contribution in [3.63, 3.8) is 0 Å². The van der Waals surface area contributed by atoms with Gasteiger partial charge in [-0.3, -0.25) is 10.5 Å². The zero-order chi connectivity index (χ0) is 6.78. The SMILES string of the molecule is CC(C)(C#N)C([NH])=O. The molecule has 0 aliphatic heterocycles. The van der Waals surface area contributed by atoms with Crippen molar-refractivity contribution in [3.05, 3.63) is 0 Å². The zero-order valence-corrected chi connectivity index (χ0v) is 4.86. The maximum atomic E-state index is 10.1. The minimum Gasteiger partial charge on any atom is -0.271 e. The number of hydrogen-bond donors (Lipinski definition) is 0. The van der Waals surface area contributed by atoms with E-state index in [0.717, 1.165) is 0 Å². The highest BCUT2D eigenvalue weighted by Crippen LogP contribution is 2.10. The molecule has 0 rings (SSSR count). The van der Waals surface area contributed by atoms with Crippen LogP contribution in [0.4, 0.5) is 0 Å². The second-order valence-electron chi connectivity index (χ2n) is 2.07. The second-order valence-corrected chi connectivity index (χ2v) is 2.07. The molecule has 8 heavy (non-hydrogen) atoms. The van der Waals surface area contributed by atoms with Crippen LogP contribution in [0.15, 0.2) is 0 Å². The summed E-state index contributed by atoms with van der Waals surface area (Å²) in [5, 5.41) is 8.17. The summed E-state index contributed by atoms with van der Waals surface area (Å²) < 4.78 is 0. The Balaban J connectivity index is 4.19. The lowest BCUT2D eigenvalue weighted by Crippen LogP contribution is -2.22. The van der Waals surface area contributed by atoms with Crippen molar-refractivity contribution in [2.45, 2.75) is 13.8 Å². The Morgan fingerprint density at radius 1 is 1.75 bits per heavy atom. The molecule has 43 valence electrons. The van der Waals surface area contributed by atoms with Gasteiger partial charge >= 0.3 is 0 Å². The van der Waals surface area contributed by atoms with Crippen LogP contribution in [-0.4, -0.2) is 5.91 Å². The average Bonchev–Trinajstić information content (AvgIpc) is 1.67. The van der Waals surface area contributed by atoms with Gasteiger partial charge in [0.05, 0.1) is 6.07 Å². The molecule has 0 fully saturated rings. The standard InChI is InChI=1S/C5H7N2O/c1-5(2,3-6)4(7)8/h7H,1-2H3. The molecule has 0 atom stereocenters. The van der Waals surface area contributed by atoms with Crippen molar-refractivity contribution >= 4 is 5.91 Å². The van der Waals surface area contributed by atoms with Gasteiger partial charge in [-0.05, 0) is 13.8 Å². The molecule has 3 nitrogen and oxygen atoms in total. The van der Waals surface area contributed by atoms with Crippen LogP contribution in [0.2, 0.25) is 0 Å². The van der Waals surface area contributed by atoms with E-state index in [1.807, 2.05) is 0 Å². The summed E-state index contributed by atoms with van der Waals surface area (Å²) in [6, 6.07) is 1.70. The van der Waals surface area contributed by atoms with Crippen LogP contribution in [0.25, 0.3) is 0 Å². The molecule has 0 heterocycles. The van der Waals surface area contributed by atoms with E-state index >= 15 is 0 Å². The van der Waals surface area contributed by atoms with E-state index in [9.17, 15) is 4.79 Å². The monoisotopic (exact) mass is 111 g/mol. The lowest BCUT2D eigenvalue weighted by atomic mass is 9.96. The third-order valence-corrected chi connectivity index (χ3v) is 0.847. The van der Waals surface area contributed by atoms with Crippen LogP contribution in [0.1, 0.15) is 13.8 Å². The molecule has 1 radical (unpaired) electrons. The number of nitrogens with one attached hydrogen (secondary N) is 1. The predicted molar refractivity (Wildman–Crippen MR) is 27.5 cm³/mol. The van der Waals surface area contributed by atoms with Crippen LogP contribution in [0.3, 0.4) is 0 Å². The van der Waals surface area contributed by atoms with Gasteiger partial charge < -0.3 is 0 Å². The average molecular weight is 111 g/mol. The highest BCUT2D eigenvalue weighted by Gasteiger charge is 2.24. The first-order valence-corrected chi connectivity index (χ1v) is 2.18. The molecule has 0 aromatic rings. The molecule has 1 amide bonds. The summed E-state index contributed by atoms with van der Waals surface area (Å²) >= 11 is 0. The molecule has 1 N–H and O–H groups in total. The summed E-state index contributed by atoms with van der Waals surface area (Å²) in [6.45, 7) is 2.84. The highest BCUT2D eigenvalue weighted by molar-refractivity contribution is 5.81. The Kier molecular flexibility index (Phi) is 1.59. The van der Waals surface area contributed by atoms with Crippen LogP contribution in [0, 0.1) is 16.7 Å². The van der Waals surface area contributed by atoms with Gasteiger partial charge in [0.1, 0.15) is 5.41 Å². The number of nitrogens with zero attached hydrogens (tertiary/aromatic N) is 1. The molecule has 0 aromatic carbocycles. The molecular weight excluding hydrogens is 104 g/mol. The third-order valence-electron chi connectivity index (χ3n) is 0.847. The van der Waals surface area contributed by atoms with Gasteiger partial charge in [0.15, 0.2) is 0 Å². The van der Waals surface area contributed by atoms with Crippen LogP contribution < -0.4 is 5.73 Å². The number of amides is 1. The van der Waals surface area contributed by atoms with E-state index in [-0.39, 0.29) is 0 Å². The number of hydrogen-bond acceptors (Lipinski definition) is 2. The minimum absolute atomic E-state index is 0.833. The van der Waals surface area contributed by atoms with Crippen molar-refractivity contribution in [1.82, 2.24) is 5.73 Å². The van der Waals surface area contributed by atoms with E-state index in [4.69, 9.17) is 11.0 Å². The fourth-order valence-electron chi connectivity index (χ4n) is 0.0508. The van der Waals surface area contributed by atoms with Crippen molar-refractivity contribution in [2.75, 3.05) is 0 Å². The third kappa shape index (κ3) is 1.23. The van der Waals surface area contributed by atoms with Gasteiger partial charge in [-0.1, -0.05) is 0 Å². The van der Waals surface area contributed by atoms with Crippen molar-refractivity contribution in [2.24, 2.45) is 5.41 Å². The summed E-state index contributed by atoms with van der Waals surface area (Å²) in [4.78, 5) is 10.1. The Bertz CT molecular complexity index is 143. The van der Waals surface area contributed by atoms with Gasteiger partial charge in [0.25, 0.3) is 5.91 Å². The maximum absolute atomic E-state index is 10.1. The minimum atomic E-state index is -1.12. The van der Waals surface area contributed by atoms with Crippen molar-refractivity contribution in [1.29, 1.82) is 5.26 Å². The first-order chi connectivity index (χ1) is 3.50. The largest absolute Gasteiger partial charge is 0.271 e. The van der Waals surface area contributed by atoms with Crippen LogP contribution >= 0.6 is 0 Å². The molecule has 0 aliphatic carbocycles. The fourth-order valence-corrected chi connectivity index (χ4v) is 0.0508.